The molecule has 0 unspecified atom stereocenters. The SMILES string of the molecule is CN(C)CCCc1ccccn1.O=C(O)C=CC(=O)Oc1ccc(Cl)cc1. The summed E-state index contributed by atoms with van der Waals surface area (Å²) in [4.78, 5) is 27.5. The molecule has 1 aromatic heterocycles. The van der Waals surface area contributed by atoms with Gasteiger partial charge in [-0.2, -0.15) is 0 Å². The Bertz CT molecular complexity index is 731. The summed E-state index contributed by atoms with van der Waals surface area (Å²) in [6, 6.07) is 12.2. The van der Waals surface area contributed by atoms with Gasteiger partial charge in [0.25, 0.3) is 0 Å². The number of rotatable bonds is 7. The predicted molar refractivity (Wildman–Crippen MR) is 105 cm³/mol. The smallest absolute Gasteiger partial charge is 0.336 e. The minimum absolute atomic E-state index is 0.305. The second-order valence-electron chi connectivity index (χ2n) is 5.77. The number of carbonyl (C=O) groups is 2. The Morgan fingerprint density at radius 3 is 2.41 bits per heavy atom. The molecule has 0 spiro atoms. The van der Waals surface area contributed by atoms with Crippen molar-refractivity contribution in [2.45, 2.75) is 12.8 Å². The number of nitrogens with zero attached hydrogens (tertiary/aromatic N) is 2. The number of aliphatic carboxylic acids is 1. The van der Waals surface area contributed by atoms with Crippen LogP contribution >= 0.6 is 11.6 Å². The molecule has 0 amide bonds. The van der Waals surface area contributed by atoms with Crippen LogP contribution in [-0.2, 0) is 16.0 Å². The van der Waals surface area contributed by atoms with E-state index in [1.807, 2.05) is 18.3 Å². The minimum Gasteiger partial charge on any atom is -0.478 e. The Balaban J connectivity index is 0.000000277. The molecular weight excluding hydrogens is 368 g/mol. The van der Waals surface area contributed by atoms with E-state index >= 15 is 0 Å². The third-order valence-electron chi connectivity index (χ3n) is 3.16. The van der Waals surface area contributed by atoms with Crippen molar-refractivity contribution < 1.29 is 19.4 Å². The molecular formula is C20H23ClN2O4. The van der Waals surface area contributed by atoms with E-state index in [4.69, 9.17) is 21.4 Å². The summed E-state index contributed by atoms with van der Waals surface area (Å²) in [5.41, 5.74) is 1.19. The molecule has 0 aliphatic heterocycles. The van der Waals surface area contributed by atoms with Crippen LogP contribution in [0.2, 0.25) is 5.02 Å². The average Bonchev–Trinajstić information content (AvgIpc) is 2.63. The molecule has 27 heavy (non-hydrogen) atoms. The molecule has 6 nitrogen and oxygen atoms in total. The molecule has 0 aliphatic rings. The second kappa shape index (κ2) is 12.6. The molecule has 144 valence electrons. The molecule has 1 aromatic carbocycles. The first kappa shape index (κ1) is 22.3. The van der Waals surface area contributed by atoms with Crippen LogP contribution in [0.25, 0.3) is 0 Å². The van der Waals surface area contributed by atoms with Crippen LogP contribution in [0.3, 0.4) is 0 Å². The number of esters is 1. The van der Waals surface area contributed by atoms with Crippen LogP contribution in [0.15, 0.2) is 60.8 Å². The number of benzene rings is 1. The van der Waals surface area contributed by atoms with E-state index in [1.165, 1.54) is 24.2 Å². The highest BCUT2D eigenvalue weighted by Gasteiger charge is 2.00. The second-order valence-corrected chi connectivity index (χ2v) is 6.21. The van der Waals surface area contributed by atoms with E-state index in [2.05, 4.69) is 30.0 Å². The van der Waals surface area contributed by atoms with E-state index in [0.29, 0.717) is 16.8 Å². The van der Waals surface area contributed by atoms with Crippen LogP contribution in [0.4, 0.5) is 0 Å². The van der Waals surface area contributed by atoms with Crippen molar-refractivity contribution in [3.63, 3.8) is 0 Å². The summed E-state index contributed by atoms with van der Waals surface area (Å²) < 4.78 is 4.77. The van der Waals surface area contributed by atoms with Crippen molar-refractivity contribution in [3.8, 4) is 5.75 Å². The van der Waals surface area contributed by atoms with Crippen LogP contribution in [0.5, 0.6) is 5.75 Å². The van der Waals surface area contributed by atoms with Crippen molar-refractivity contribution in [3.05, 3.63) is 71.5 Å². The summed E-state index contributed by atoms with van der Waals surface area (Å²) in [6.07, 6.45) is 5.66. The Hall–Kier alpha value is -2.70. The number of hydrogen-bond donors (Lipinski definition) is 1. The van der Waals surface area contributed by atoms with Crippen LogP contribution in [0.1, 0.15) is 12.1 Å². The lowest BCUT2D eigenvalue weighted by atomic mass is 10.2. The third-order valence-corrected chi connectivity index (χ3v) is 3.41. The third kappa shape index (κ3) is 11.5. The Morgan fingerprint density at radius 1 is 1.15 bits per heavy atom. The molecule has 0 radical (unpaired) electrons. The number of halogens is 1. The number of carboxylic acid groups (broad SMARTS) is 1. The molecule has 0 atom stereocenters. The van der Waals surface area contributed by atoms with Crippen molar-refractivity contribution in [2.24, 2.45) is 0 Å². The maximum Gasteiger partial charge on any atom is 0.336 e. The van der Waals surface area contributed by atoms with Gasteiger partial charge in [0, 0.05) is 29.1 Å². The monoisotopic (exact) mass is 390 g/mol. The first-order valence-electron chi connectivity index (χ1n) is 8.30. The largest absolute Gasteiger partial charge is 0.478 e. The van der Waals surface area contributed by atoms with Gasteiger partial charge in [-0.3, -0.25) is 4.98 Å². The first-order valence-corrected chi connectivity index (χ1v) is 8.67. The molecule has 0 aliphatic carbocycles. The van der Waals surface area contributed by atoms with E-state index in [1.54, 1.807) is 12.1 Å². The lowest BCUT2D eigenvalue weighted by Crippen LogP contribution is -2.13. The Kier molecular flexibility index (Phi) is 10.4. The van der Waals surface area contributed by atoms with Crippen molar-refractivity contribution >= 4 is 23.5 Å². The maximum absolute atomic E-state index is 11.0. The quantitative estimate of drug-likeness (QED) is 0.443. The van der Waals surface area contributed by atoms with Crippen molar-refractivity contribution in [1.29, 1.82) is 0 Å². The Labute approximate surface area is 164 Å². The molecule has 2 rings (SSSR count). The molecule has 0 fully saturated rings. The summed E-state index contributed by atoms with van der Waals surface area (Å²) in [5.74, 6) is -1.65. The zero-order chi connectivity index (χ0) is 20.1. The lowest BCUT2D eigenvalue weighted by molar-refractivity contribution is -0.133. The van der Waals surface area contributed by atoms with Gasteiger partial charge in [-0.15, -0.1) is 0 Å². The number of hydrogen-bond acceptors (Lipinski definition) is 5. The summed E-state index contributed by atoms with van der Waals surface area (Å²) in [6.45, 7) is 1.14. The summed E-state index contributed by atoms with van der Waals surface area (Å²) in [5, 5.41) is 8.78. The van der Waals surface area contributed by atoms with E-state index in [9.17, 15) is 9.59 Å². The Morgan fingerprint density at radius 2 is 1.85 bits per heavy atom. The fourth-order valence-corrected chi connectivity index (χ4v) is 2.04. The molecule has 0 saturated carbocycles. The lowest BCUT2D eigenvalue weighted by Gasteiger charge is -2.07. The highest BCUT2D eigenvalue weighted by molar-refractivity contribution is 6.30. The van der Waals surface area contributed by atoms with Gasteiger partial charge in [0.2, 0.25) is 0 Å². The number of carbonyl (C=O) groups excluding carboxylic acids is 1. The highest BCUT2D eigenvalue weighted by atomic mass is 35.5. The van der Waals surface area contributed by atoms with Crippen LogP contribution in [0, 0.1) is 0 Å². The van der Waals surface area contributed by atoms with Crippen molar-refractivity contribution in [1.82, 2.24) is 9.88 Å². The van der Waals surface area contributed by atoms with Crippen molar-refractivity contribution in [2.75, 3.05) is 20.6 Å². The van der Waals surface area contributed by atoms with Gasteiger partial charge in [0.1, 0.15) is 5.75 Å². The van der Waals surface area contributed by atoms with Crippen LogP contribution in [-0.4, -0.2) is 47.6 Å². The highest BCUT2D eigenvalue weighted by Crippen LogP contribution is 2.15. The van der Waals surface area contributed by atoms with E-state index in [0.717, 1.165) is 19.0 Å². The zero-order valence-electron chi connectivity index (χ0n) is 15.3. The van der Waals surface area contributed by atoms with Gasteiger partial charge < -0.3 is 14.7 Å². The van der Waals surface area contributed by atoms with Gasteiger partial charge in [-0.05, 0) is 69.9 Å². The topological polar surface area (TPSA) is 79.7 Å². The number of aromatic nitrogens is 1. The fraction of sp³-hybridized carbons (Fsp3) is 0.250. The van der Waals surface area contributed by atoms with Crippen LogP contribution < -0.4 is 4.74 Å². The van der Waals surface area contributed by atoms with Gasteiger partial charge in [0.15, 0.2) is 0 Å². The number of carboxylic acids is 1. The normalized spacial score (nSPS) is 10.4. The molecule has 0 bridgehead atoms. The number of pyridine rings is 1. The van der Waals surface area contributed by atoms with Gasteiger partial charge >= 0.3 is 11.9 Å². The molecule has 1 heterocycles. The van der Waals surface area contributed by atoms with Gasteiger partial charge in [-0.25, -0.2) is 9.59 Å². The van der Waals surface area contributed by atoms with E-state index in [-0.39, 0.29) is 0 Å². The average molecular weight is 391 g/mol. The summed E-state index contributed by atoms with van der Waals surface area (Å²) in [7, 11) is 4.19. The molecule has 0 saturated heterocycles. The molecule has 2 aromatic rings. The minimum atomic E-state index is -1.21. The van der Waals surface area contributed by atoms with Gasteiger partial charge in [-0.1, -0.05) is 17.7 Å². The number of ether oxygens (including phenoxy) is 1. The number of aryl methyl sites for hydroxylation is 1. The fourth-order valence-electron chi connectivity index (χ4n) is 1.91. The summed E-state index contributed by atoms with van der Waals surface area (Å²) >= 11 is 5.62. The maximum atomic E-state index is 11.0. The van der Waals surface area contributed by atoms with Gasteiger partial charge in [0.05, 0.1) is 0 Å². The zero-order valence-corrected chi connectivity index (χ0v) is 16.1. The van der Waals surface area contributed by atoms with E-state index < -0.39 is 11.9 Å². The molecule has 1 N–H and O–H groups in total. The molecule has 7 heteroatoms. The first-order chi connectivity index (χ1) is 12.9. The standard InChI is InChI=1S/C10H7ClO4.C10H16N2/c11-7-1-3-8(4-2-7)15-10(14)6-5-9(12)13;1-12(2)9-5-7-10-6-3-4-8-11-10/h1-6H,(H,12,13);3-4,6,8H,5,7,9H2,1-2H3. The predicted octanol–water partition coefficient (Wildman–Crippen LogP) is 3.46.